The van der Waals surface area contributed by atoms with Crippen molar-refractivity contribution in [2.75, 3.05) is 20.8 Å². The maximum Gasteiger partial charge on any atom is 0.320 e. The van der Waals surface area contributed by atoms with Crippen molar-refractivity contribution in [3.63, 3.8) is 0 Å². The highest BCUT2D eigenvalue weighted by molar-refractivity contribution is 5.72. The molecule has 0 unspecified atom stereocenters. The molecule has 1 aromatic rings. The van der Waals surface area contributed by atoms with Gasteiger partial charge in [0, 0.05) is 6.54 Å². The van der Waals surface area contributed by atoms with Crippen LogP contribution in [0.5, 0.6) is 11.5 Å². The van der Waals surface area contributed by atoms with Gasteiger partial charge in [0.2, 0.25) is 0 Å². The van der Waals surface area contributed by atoms with Crippen molar-refractivity contribution in [1.82, 2.24) is 5.32 Å². The third-order valence-electron chi connectivity index (χ3n) is 2.47. The van der Waals surface area contributed by atoms with Crippen LogP contribution < -0.4 is 14.8 Å². The lowest BCUT2D eigenvalue weighted by atomic mass is 10.2. The topological polar surface area (TPSA) is 56.8 Å². The van der Waals surface area contributed by atoms with Gasteiger partial charge in [-0.1, -0.05) is 6.07 Å². The number of carbonyl (C=O) groups excluding carboxylic acids is 1. The molecule has 0 saturated heterocycles. The molecular weight excluding hydrogens is 258 g/mol. The Bertz CT molecular complexity index is 452. The molecule has 0 saturated carbocycles. The first kappa shape index (κ1) is 16.3. The SMILES string of the molecule is COc1ccc(CNCC(=O)OC(C)(C)C)cc1OC. The van der Waals surface area contributed by atoms with Gasteiger partial charge in [0.1, 0.15) is 5.60 Å². The molecule has 0 bridgehead atoms. The lowest BCUT2D eigenvalue weighted by Crippen LogP contribution is -2.31. The second-order valence-corrected chi connectivity index (χ2v) is 5.38. The molecule has 0 aliphatic rings. The summed E-state index contributed by atoms with van der Waals surface area (Å²) in [6.07, 6.45) is 0. The maximum atomic E-state index is 11.5. The van der Waals surface area contributed by atoms with Crippen LogP contribution in [0, 0.1) is 0 Å². The summed E-state index contributed by atoms with van der Waals surface area (Å²) in [5.41, 5.74) is 0.549. The molecule has 0 radical (unpaired) electrons. The first-order valence-electron chi connectivity index (χ1n) is 6.49. The van der Waals surface area contributed by atoms with Crippen LogP contribution in [-0.2, 0) is 16.1 Å². The van der Waals surface area contributed by atoms with Gasteiger partial charge in [-0.15, -0.1) is 0 Å². The van der Waals surface area contributed by atoms with Crippen LogP contribution in [0.3, 0.4) is 0 Å². The average molecular weight is 281 g/mol. The number of methoxy groups -OCH3 is 2. The molecular formula is C15H23NO4. The largest absolute Gasteiger partial charge is 0.493 e. The fourth-order valence-electron chi connectivity index (χ4n) is 1.68. The summed E-state index contributed by atoms with van der Waals surface area (Å²) in [6.45, 7) is 6.27. The number of esters is 1. The molecule has 5 heteroatoms. The van der Waals surface area contributed by atoms with Crippen molar-refractivity contribution < 1.29 is 19.0 Å². The van der Waals surface area contributed by atoms with Gasteiger partial charge in [0.05, 0.1) is 20.8 Å². The first-order valence-corrected chi connectivity index (χ1v) is 6.49. The highest BCUT2D eigenvalue weighted by Gasteiger charge is 2.15. The minimum absolute atomic E-state index is 0.172. The van der Waals surface area contributed by atoms with Crippen molar-refractivity contribution in [2.45, 2.75) is 32.9 Å². The summed E-state index contributed by atoms with van der Waals surface area (Å²) in [5, 5.41) is 3.04. The van der Waals surface area contributed by atoms with Gasteiger partial charge in [-0.3, -0.25) is 4.79 Å². The summed E-state index contributed by atoms with van der Waals surface area (Å²) in [5.74, 6) is 1.09. The molecule has 1 N–H and O–H groups in total. The number of nitrogens with one attached hydrogen (secondary N) is 1. The van der Waals surface area contributed by atoms with Crippen molar-refractivity contribution in [3.8, 4) is 11.5 Å². The van der Waals surface area contributed by atoms with Crippen molar-refractivity contribution in [3.05, 3.63) is 23.8 Å². The van der Waals surface area contributed by atoms with E-state index in [0.29, 0.717) is 18.0 Å². The Kier molecular flexibility index (Phi) is 5.82. The molecule has 0 aromatic heterocycles. The fourth-order valence-corrected chi connectivity index (χ4v) is 1.68. The van der Waals surface area contributed by atoms with Gasteiger partial charge in [-0.05, 0) is 38.5 Å². The molecule has 0 heterocycles. The standard InChI is InChI=1S/C15H23NO4/c1-15(2,3)20-14(17)10-16-9-11-6-7-12(18-4)13(8-11)19-5/h6-8,16H,9-10H2,1-5H3. The van der Waals surface area contributed by atoms with E-state index in [2.05, 4.69) is 5.32 Å². The quantitative estimate of drug-likeness (QED) is 0.810. The van der Waals surface area contributed by atoms with Crippen LogP contribution in [0.15, 0.2) is 18.2 Å². The summed E-state index contributed by atoms with van der Waals surface area (Å²) in [4.78, 5) is 11.5. The summed E-state index contributed by atoms with van der Waals surface area (Å²) in [6, 6.07) is 5.63. The van der Waals surface area contributed by atoms with Gasteiger partial charge in [0.15, 0.2) is 11.5 Å². The van der Waals surface area contributed by atoms with E-state index in [1.165, 1.54) is 0 Å². The molecule has 1 rings (SSSR count). The Morgan fingerprint density at radius 2 is 1.80 bits per heavy atom. The Hall–Kier alpha value is -1.75. The lowest BCUT2D eigenvalue weighted by Gasteiger charge is -2.19. The van der Waals surface area contributed by atoms with Crippen molar-refractivity contribution in [2.24, 2.45) is 0 Å². The van der Waals surface area contributed by atoms with E-state index < -0.39 is 5.60 Å². The zero-order valence-electron chi connectivity index (χ0n) is 12.8. The third kappa shape index (κ3) is 5.48. The van der Waals surface area contributed by atoms with Gasteiger partial charge < -0.3 is 19.5 Å². The van der Waals surface area contributed by atoms with Crippen molar-refractivity contribution >= 4 is 5.97 Å². The molecule has 112 valence electrons. The Morgan fingerprint density at radius 3 is 2.35 bits per heavy atom. The molecule has 5 nitrogen and oxygen atoms in total. The van der Waals surface area contributed by atoms with E-state index >= 15 is 0 Å². The third-order valence-corrected chi connectivity index (χ3v) is 2.47. The lowest BCUT2D eigenvalue weighted by molar-refractivity contribution is -0.153. The van der Waals surface area contributed by atoms with Crippen LogP contribution in [0.1, 0.15) is 26.3 Å². The number of hydrogen-bond donors (Lipinski definition) is 1. The Labute approximate surface area is 120 Å². The van der Waals surface area contributed by atoms with Gasteiger partial charge in [0.25, 0.3) is 0 Å². The van der Waals surface area contributed by atoms with Crippen molar-refractivity contribution in [1.29, 1.82) is 0 Å². The van der Waals surface area contributed by atoms with Gasteiger partial charge in [-0.2, -0.15) is 0 Å². The van der Waals surface area contributed by atoms with Gasteiger partial charge >= 0.3 is 5.97 Å². The van der Waals surface area contributed by atoms with E-state index in [4.69, 9.17) is 14.2 Å². The second kappa shape index (κ2) is 7.14. The minimum Gasteiger partial charge on any atom is -0.493 e. The minimum atomic E-state index is -0.456. The number of benzene rings is 1. The molecule has 1 aromatic carbocycles. The van der Waals surface area contributed by atoms with Crippen LogP contribution in [0.4, 0.5) is 0 Å². The maximum absolute atomic E-state index is 11.5. The highest BCUT2D eigenvalue weighted by atomic mass is 16.6. The monoisotopic (exact) mass is 281 g/mol. The van der Waals surface area contributed by atoms with Crippen LogP contribution in [-0.4, -0.2) is 32.3 Å². The Balaban J connectivity index is 2.48. The smallest absolute Gasteiger partial charge is 0.320 e. The van der Waals surface area contributed by atoms with E-state index in [0.717, 1.165) is 5.56 Å². The van der Waals surface area contributed by atoms with E-state index in [1.54, 1.807) is 14.2 Å². The molecule has 0 fully saturated rings. The van der Waals surface area contributed by atoms with Gasteiger partial charge in [-0.25, -0.2) is 0 Å². The molecule has 0 aliphatic carbocycles. The molecule has 0 atom stereocenters. The first-order chi connectivity index (χ1) is 9.35. The zero-order chi connectivity index (χ0) is 15.2. The summed E-state index contributed by atoms with van der Waals surface area (Å²) >= 11 is 0. The second-order valence-electron chi connectivity index (χ2n) is 5.38. The van der Waals surface area contributed by atoms with E-state index in [-0.39, 0.29) is 12.5 Å². The number of ether oxygens (including phenoxy) is 3. The fraction of sp³-hybridized carbons (Fsp3) is 0.533. The number of hydrogen-bond acceptors (Lipinski definition) is 5. The molecule has 0 aliphatic heterocycles. The predicted molar refractivity (Wildman–Crippen MR) is 77.1 cm³/mol. The normalized spacial score (nSPS) is 11.1. The number of rotatable bonds is 6. The highest BCUT2D eigenvalue weighted by Crippen LogP contribution is 2.27. The van der Waals surface area contributed by atoms with Crippen LogP contribution >= 0.6 is 0 Å². The molecule has 0 amide bonds. The predicted octanol–water partition coefficient (Wildman–Crippen LogP) is 2.14. The zero-order valence-corrected chi connectivity index (χ0v) is 12.8. The van der Waals surface area contributed by atoms with Crippen LogP contribution in [0.2, 0.25) is 0 Å². The number of carbonyl (C=O) groups is 1. The average Bonchev–Trinajstić information content (AvgIpc) is 2.36. The van der Waals surface area contributed by atoms with E-state index in [1.807, 2.05) is 39.0 Å². The summed E-state index contributed by atoms with van der Waals surface area (Å²) in [7, 11) is 3.19. The summed E-state index contributed by atoms with van der Waals surface area (Å²) < 4.78 is 15.6. The van der Waals surface area contributed by atoms with Crippen LogP contribution in [0.25, 0.3) is 0 Å². The molecule has 0 spiro atoms. The molecule has 20 heavy (non-hydrogen) atoms. The van der Waals surface area contributed by atoms with E-state index in [9.17, 15) is 4.79 Å². The Morgan fingerprint density at radius 1 is 1.15 bits per heavy atom.